The van der Waals surface area contributed by atoms with Crippen LogP contribution in [0.3, 0.4) is 0 Å². The Morgan fingerprint density at radius 3 is 2.94 bits per heavy atom. The Bertz CT molecular complexity index is 593. The van der Waals surface area contributed by atoms with E-state index in [2.05, 4.69) is 35.9 Å². The van der Waals surface area contributed by atoms with Crippen LogP contribution in [0.2, 0.25) is 0 Å². The van der Waals surface area contributed by atoms with Crippen LogP contribution in [0.1, 0.15) is 24.6 Å². The van der Waals surface area contributed by atoms with Gasteiger partial charge in [0.05, 0.1) is 11.2 Å². The topological polar surface area (TPSA) is 22.1 Å². The standard InChI is InChI=1S/C16H17NO/c1-3-10-18-11-6-8-14-12-15-7-4-5-9-16(15)17-13(14)2/h4-5,7,9,12H,3,10-11H2,1-2H3. The number of rotatable bonds is 3. The van der Waals surface area contributed by atoms with E-state index in [-0.39, 0.29) is 0 Å². The third kappa shape index (κ3) is 3.09. The summed E-state index contributed by atoms with van der Waals surface area (Å²) in [4.78, 5) is 4.55. The SMILES string of the molecule is CCCOCC#Cc1cc2ccccc2nc1C. The molecule has 0 aliphatic carbocycles. The molecular weight excluding hydrogens is 222 g/mol. The fraction of sp³-hybridized carbons (Fsp3) is 0.312. The lowest BCUT2D eigenvalue weighted by atomic mass is 10.1. The zero-order chi connectivity index (χ0) is 12.8. The van der Waals surface area contributed by atoms with E-state index in [1.54, 1.807) is 0 Å². The number of para-hydroxylation sites is 1. The molecule has 1 aromatic heterocycles. The lowest BCUT2D eigenvalue weighted by molar-refractivity contribution is 0.168. The molecular formula is C16H17NO. The molecule has 0 aliphatic heterocycles. The maximum atomic E-state index is 5.34. The predicted octanol–water partition coefficient (Wildman–Crippen LogP) is 3.32. The summed E-state index contributed by atoms with van der Waals surface area (Å²) >= 11 is 0. The number of nitrogens with zero attached hydrogens (tertiary/aromatic N) is 1. The van der Waals surface area contributed by atoms with Gasteiger partial charge in [-0.05, 0) is 25.5 Å². The molecule has 0 amide bonds. The van der Waals surface area contributed by atoms with E-state index in [1.807, 2.05) is 25.1 Å². The number of hydrogen-bond acceptors (Lipinski definition) is 2. The van der Waals surface area contributed by atoms with Crippen LogP contribution in [0.4, 0.5) is 0 Å². The largest absolute Gasteiger partial charge is 0.369 e. The van der Waals surface area contributed by atoms with Gasteiger partial charge in [0.15, 0.2) is 0 Å². The van der Waals surface area contributed by atoms with Gasteiger partial charge >= 0.3 is 0 Å². The van der Waals surface area contributed by atoms with Crippen molar-refractivity contribution < 1.29 is 4.74 Å². The van der Waals surface area contributed by atoms with E-state index >= 15 is 0 Å². The van der Waals surface area contributed by atoms with Gasteiger partial charge in [0, 0.05) is 17.6 Å². The van der Waals surface area contributed by atoms with Crippen LogP contribution >= 0.6 is 0 Å². The van der Waals surface area contributed by atoms with Crippen LogP contribution in [0, 0.1) is 18.8 Å². The number of ether oxygens (including phenoxy) is 1. The van der Waals surface area contributed by atoms with E-state index in [1.165, 1.54) is 0 Å². The second-order valence-corrected chi connectivity index (χ2v) is 4.17. The summed E-state index contributed by atoms with van der Waals surface area (Å²) in [5.41, 5.74) is 2.97. The molecule has 1 aromatic carbocycles. The van der Waals surface area contributed by atoms with Crippen LogP contribution in [0.25, 0.3) is 10.9 Å². The Labute approximate surface area is 108 Å². The van der Waals surface area contributed by atoms with Gasteiger partial charge in [0.2, 0.25) is 0 Å². The molecule has 0 fully saturated rings. The van der Waals surface area contributed by atoms with Gasteiger partial charge < -0.3 is 4.74 Å². The molecule has 18 heavy (non-hydrogen) atoms. The highest BCUT2D eigenvalue weighted by Crippen LogP contribution is 2.15. The quantitative estimate of drug-likeness (QED) is 0.605. The first kappa shape index (κ1) is 12.6. The summed E-state index contributed by atoms with van der Waals surface area (Å²) in [7, 11) is 0. The Kier molecular flexibility index (Phi) is 4.33. The Hall–Kier alpha value is -1.85. The highest BCUT2D eigenvalue weighted by molar-refractivity contribution is 5.80. The van der Waals surface area contributed by atoms with E-state index < -0.39 is 0 Å². The average Bonchev–Trinajstić information content (AvgIpc) is 2.39. The molecule has 0 atom stereocenters. The molecule has 0 N–H and O–H groups in total. The van der Waals surface area contributed by atoms with E-state index in [9.17, 15) is 0 Å². The first-order valence-electron chi connectivity index (χ1n) is 6.24. The van der Waals surface area contributed by atoms with Crippen LogP contribution in [-0.4, -0.2) is 18.2 Å². The van der Waals surface area contributed by atoms with Crippen molar-refractivity contribution in [3.63, 3.8) is 0 Å². The second-order valence-electron chi connectivity index (χ2n) is 4.17. The van der Waals surface area contributed by atoms with Crippen LogP contribution in [0.15, 0.2) is 30.3 Å². The highest BCUT2D eigenvalue weighted by Gasteiger charge is 1.99. The number of hydrogen-bond donors (Lipinski definition) is 0. The molecule has 1 heterocycles. The summed E-state index contributed by atoms with van der Waals surface area (Å²) in [5.74, 6) is 6.16. The van der Waals surface area contributed by atoms with Crippen molar-refractivity contribution in [1.29, 1.82) is 0 Å². The summed E-state index contributed by atoms with van der Waals surface area (Å²) in [6.07, 6.45) is 1.03. The summed E-state index contributed by atoms with van der Waals surface area (Å²) < 4.78 is 5.34. The van der Waals surface area contributed by atoms with Crippen molar-refractivity contribution in [3.8, 4) is 11.8 Å². The van der Waals surface area contributed by atoms with E-state index in [0.29, 0.717) is 6.61 Å². The molecule has 0 unspecified atom stereocenters. The van der Waals surface area contributed by atoms with Gasteiger partial charge in [-0.3, -0.25) is 4.98 Å². The first-order valence-corrected chi connectivity index (χ1v) is 6.24. The molecule has 0 saturated heterocycles. The van der Waals surface area contributed by atoms with Gasteiger partial charge in [-0.1, -0.05) is 37.0 Å². The number of aromatic nitrogens is 1. The molecule has 92 valence electrons. The molecule has 2 rings (SSSR count). The number of benzene rings is 1. The Morgan fingerprint density at radius 2 is 2.11 bits per heavy atom. The van der Waals surface area contributed by atoms with Crippen molar-refractivity contribution in [2.75, 3.05) is 13.2 Å². The lowest BCUT2D eigenvalue weighted by Crippen LogP contribution is -1.93. The first-order chi connectivity index (χ1) is 8.81. The maximum Gasteiger partial charge on any atom is 0.108 e. The highest BCUT2D eigenvalue weighted by atomic mass is 16.5. The van der Waals surface area contributed by atoms with Gasteiger partial charge in [0.25, 0.3) is 0 Å². The number of aryl methyl sites for hydroxylation is 1. The van der Waals surface area contributed by atoms with E-state index in [4.69, 9.17) is 4.74 Å². The third-order valence-electron chi connectivity index (χ3n) is 2.66. The minimum absolute atomic E-state index is 0.486. The minimum atomic E-state index is 0.486. The molecule has 0 aliphatic rings. The van der Waals surface area contributed by atoms with Crippen molar-refractivity contribution in [2.24, 2.45) is 0 Å². The lowest BCUT2D eigenvalue weighted by Gasteiger charge is -2.01. The molecule has 2 nitrogen and oxygen atoms in total. The fourth-order valence-electron chi connectivity index (χ4n) is 1.74. The molecule has 2 aromatic rings. The van der Waals surface area contributed by atoms with E-state index in [0.717, 1.165) is 35.2 Å². The predicted molar refractivity (Wildman–Crippen MR) is 74.5 cm³/mol. The fourth-order valence-corrected chi connectivity index (χ4v) is 1.74. The molecule has 0 bridgehead atoms. The average molecular weight is 239 g/mol. The summed E-state index contributed by atoms with van der Waals surface area (Å²) in [6, 6.07) is 10.2. The summed E-state index contributed by atoms with van der Waals surface area (Å²) in [6.45, 7) is 5.33. The minimum Gasteiger partial charge on any atom is -0.369 e. The van der Waals surface area contributed by atoms with Gasteiger partial charge in [0.1, 0.15) is 6.61 Å². The smallest absolute Gasteiger partial charge is 0.108 e. The van der Waals surface area contributed by atoms with Crippen LogP contribution < -0.4 is 0 Å². The Balaban J connectivity index is 2.20. The molecule has 0 saturated carbocycles. The van der Waals surface area contributed by atoms with Crippen LogP contribution in [-0.2, 0) is 4.74 Å². The second kappa shape index (κ2) is 6.18. The van der Waals surface area contributed by atoms with Gasteiger partial charge in [-0.15, -0.1) is 0 Å². The van der Waals surface area contributed by atoms with Crippen molar-refractivity contribution in [1.82, 2.24) is 4.98 Å². The summed E-state index contributed by atoms with van der Waals surface area (Å²) in [5, 5.41) is 1.13. The van der Waals surface area contributed by atoms with Crippen molar-refractivity contribution in [3.05, 3.63) is 41.6 Å². The monoisotopic (exact) mass is 239 g/mol. The zero-order valence-electron chi connectivity index (χ0n) is 10.9. The maximum absolute atomic E-state index is 5.34. The van der Waals surface area contributed by atoms with Gasteiger partial charge in [-0.25, -0.2) is 0 Å². The van der Waals surface area contributed by atoms with Crippen molar-refractivity contribution >= 4 is 10.9 Å². The normalized spacial score (nSPS) is 10.1. The molecule has 0 spiro atoms. The van der Waals surface area contributed by atoms with Crippen molar-refractivity contribution in [2.45, 2.75) is 20.3 Å². The third-order valence-corrected chi connectivity index (χ3v) is 2.66. The van der Waals surface area contributed by atoms with Crippen LogP contribution in [0.5, 0.6) is 0 Å². The van der Waals surface area contributed by atoms with Gasteiger partial charge in [-0.2, -0.15) is 0 Å². The number of pyridine rings is 1. The Morgan fingerprint density at radius 1 is 1.28 bits per heavy atom. The molecule has 0 radical (unpaired) electrons. The zero-order valence-corrected chi connectivity index (χ0v) is 10.9. The molecule has 2 heteroatoms. The number of fused-ring (bicyclic) bond motifs is 1.